The predicted octanol–water partition coefficient (Wildman–Crippen LogP) is 2.57. The fraction of sp³-hybridized carbons (Fsp3) is 0.333. The quantitative estimate of drug-likeness (QED) is 0.516. The second-order valence-corrected chi connectivity index (χ2v) is 5.30. The van der Waals surface area contributed by atoms with Gasteiger partial charge in [0.2, 0.25) is 0 Å². The Kier molecular flexibility index (Phi) is 3.72. The van der Waals surface area contributed by atoms with Crippen LogP contribution in [0.5, 0.6) is 0 Å². The topological polar surface area (TPSA) is 64.6 Å². The molecule has 0 aliphatic carbocycles. The van der Waals surface area contributed by atoms with Gasteiger partial charge < -0.3 is 14.8 Å². The Balaban J connectivity index is 2.26. The van der Waals surface area contributed by atoms with Gasteiger partial charge in [-0.3, -0.25) is 0 Å². The molecule has 0 atom stereocenters. The fourth-order valence-electron chi connectivity index (χ4n) is 2.06. The fourth-order valence-corrected chi connectivity index (χ4v) is 2.06. The van der Waals surface area contributed by atoms with Crippen molar-refractivity contribution in [3.05, 3.63) is 40.8 Å². The minimum absolute atomic E-state index is 0.238. The lowest BCUT2D eigenvalue weighted by Gasteiger charge is -2.29. The lowest BCUT2D eigenvalue weighted by Crippen LogP contribution is -2.42. The van der Waals surface area contributed by atoms with E-state index in [0.29, 0.717) is 16.8 Å². The molecule has 1 aliphatic heterocycles. The van der Waals surface area contributed by atoms with E-state index in [0.717, 1.165) is 0 Å². The Labute approximate surface area is 121 Å². The van der Waals surface area contributed by atoms with Crippen molar-refractivity contribution in [2.45, 2.75) is 33.5 Å². The summed E-state index contributed by atoms with van der Waals surface area (Å²) in [6, 6.07) is 2.71. The van der Waals surface area contributed by atoms with Crippen LogP contribution in [0.25, 0.3) is 0 Å². The van der Waals surface area contributed by atoms with Gasteiger partial charge >= 0.3 is 11.9 Å². The van der Waals surface area contributed by atoms with Crippen LogP contribution in [0.3, 0.4) is 0 Å². The molecular formula is C15H16FNO4. The van der Waals surface area contributed by atoms with Crippen molar-refractivity contribution in [3.63, 3.8) is 0 Å². The van der Waals surface area contributed by atoms with Crippen LogP contribution >= 0.6 is 0 Å². The summed E-state index contributed by atoms with van der Waals surface area (Å²) in [7, 11) is 0. The molecule has 1 heterocycles. The first-order chi connectivity index (χ1) is 9.69. The number of carbonyl (C=O) groups is 2. The second-order valence-electron chi connectivity index (χ2n) is 5.30. The summed E-state index contributed by atoms with van der Waals surface area (Å²) in [5, 5.41) is 2.84. The van der Waals surface area contributed by atoms with Gasteiger partial charge in [0.25, 0.3) is 5.79 Å². The van der Waals surface area contributed by atoms with Crippen molar-refractivity contribution in [3.8, 4) is 0 Å². The number of ether oxygens (including phenoxy) is 2. The van der Waals surface area contributed by atoms with Crippen molar-refractivity contribution in [1.29, 1.82) is 0 Å². The van der Waals surface area contributed by atoms with Gasteiger partial charge in [-0.25, -0.2) is 14.0 Å². The molecule has 0 spiro atoms. The van der Waals surface area contributed by atoms with Gasteiger partial charge in [0.05, 0.1) is 0 Å². The molecule has 6 heteroatoms. The standard InChI is InChI=1S/C15H16FNO4/c1-8-5-10(16)6-9(2)12(8)17-7-11-13(18)20-15(3,4)21-14(11)19/h5-7,17H,1-4H3. The van der Waals surface area contributed by atoms with Crippen molar-refractivity contribution in [1.82, 2.24) is 0 Å². The number of hydrogen-bond donors (Lipinski definition) is 1. The maximum absolute atomic E-state index is 13.2. The number of carbonyl (C=O) groups excluding carboxylic acids is 2. The minimum atomic E-state index is -1.27. The van der Waals surface area contributed by atoms with Crippen LogP contribution in [0.1, 0.15) is 25.0 Å². The highest BCUT2D eigenvalue weighted by Crippen LogP contribution is 2.25. The van der Waals surface area contributed by atoms with E-state index in [1.165, 1.54) is 32.2 Å². The Morgan fingerprint density at radius 1 is 1.10 bits per heavy atom. The van der Waals surface area contributed by atoms with E-state index in [2.05, 4.69) is 5.32 Å². The van der Waals surface area contributed by atoms with Crippen LogP contribution < -0.4 is 5.32 Å². The molecule has 1 N–H and O–H groups in total. The van der Waals surface area contributed by atoms with Gasteiger partial charge in [-0.15, -0.1) is 0 Å². The minimum Gasteiger partial charge on any atom is -0.419 e. The lowest BCUT2D eigenvalue weighted by atomic mass is 10.1. The molecule has 1 aromatic carbocycles. The molecule has 21 heavy (non-hydrogen) atoms. The first kappa shape index (κ1) is 15.0. The highest BCUT2D eigenvalue weighted by molar-refractivity contribution is 6.15. The normalized spacial score (nSPS) is 17.1. The third-order valence-electron chi connectivity index (χ3n) is 2.98. The Morgan fingerprint density at radius 2 is 1.57 bits per heavy atom. The number of esters is 2. The van der Waals surface area contributed by atoms with Crippen molar-refractivity contribution < 1.29 is 23.5 Å². The number of cyclic esters (lactones) is 2. The zero-order valence-electron chi connectivity index (χ0n) is 12.2. The average molecular weight is 293 g/mol. The number of nitrogens with one attached hydrogen (secondary N) is 1. The van der Waals surface area contributed by atoms with Gasteiger partial charge in [0, 0.05) is 25.7 Å². The Morgan fingerprint density at radius 3 is 2.05 bits per heavy atom. The zero-order chi connectivity index (χ0) is 15.8. The molecule has 1 aliphatic rings. The summed E-state index contributed by atoms with van der Waals surface area (Å²) in [6.07, 6.45) is 1.22. The zero-order valence-corrected chi connectivity index (χ0v) is 12.2. The largest absolute Gasteiger partial charge is 0.419 e. The summed E-state index contributed by atoms with van der Waals surface area (Å²) in [5.41, 5.74) is 1.69. The van der Waals surface area contributed by atoms with Gasteiger partial charge in [-0.05, 0) is 37.1 Å². The molecule has 1 aromatic rings. The van der Waals surface area contributed by atoms with E-state index in [9.17, 15) is 14.0 Å². The molecule has 1 saturated heterocycles. The summed E-state index contributed by atoms with van der Waals surface area (Å²) < 4.78 is 23.2. The van der Waals surface area contributed by atoms with E-state index < -0.39 is 17.7 Å². The van der Waals surface area contributed by atoms with Crippen molar-refractivity contribution in [2.24, 2.45) is 0 Å². The highest BCUT2D eigenvalue weighted by atomic mass is 19.1. The van der Waals surface area contributed by atoms with E-state index in [1.807, 2.05) is 0 Å². The summed E-state index contributed by atoms with van der Waals surface area (Å²) in [4.78, 5) is 23.5. The smallest absolute Gasteiger partial charge is 0.350 e. The monoisotopic (exact) mass is 293 g/mol. The lowest BCUT2D eigenvalue weighted by molar-refractivity contribution is -0.222. The molecular weight excluding hydrogens is 277 g/mol. The number of hydrogen-bond acceptors (Lipinski definition) is 5. The van der Waals surface area contributed by atoms with Gasteiger partial charge in [-0.2, -0.15) is 0 Å². The molecule has 112 valence electrons. The number of benzene rings is 1. The van der Waals surface area contributed by atoms with Gasteiger partial charge in [0.15, 0.2) is 5.57 Å². The van der Waals surface area contributed by atoms with Crippen LogP contribution in [-0.4, -0.2) is 17.7 Å². The van der Waals surface area contributed by atoms with E-state index in [4.69, 9.17) is 9.47 Å². The third kappa shape index (κ3) is 3.21. The van der Waals surface area contributed by atoms with E-state index >= 15 is 0 Å². The SMILES string of the molecule is Cc1cc(F)cc(C)c1NC=C1C(=O)OC(C)(C)OC1=O. The van der Waals surface area contributed by atoms with Crippen molar-refractivity contribution in [2.75, 3.05) is 5.32 Å². The number of anilines is 1. The molecule has 1 fully saturated rings. The molecule has 0 radical (unpaired) electrons. The van der Waals surface area contributed by atoms with Crippen LogP contribution in [0.4, 0.5) is 10.1 Å². The maximum Gasteiger partial charge on any atom is 0.350 e. The van der Waals surface area contributed by atoms with Gasteiger partial charge in [-0.1, -0.05) is 0 Å². The number of rotatable bonds is 2. The molecule has 0 saturated carbocycles. The first-order valence-electron chi connectivity index (χ1n) is 6.40. The summed E-state index contributed by atoms with van der Waals surface area (Å²) >= 11 is 0. The van der Waals surface area contributed by atoms with Crippen LogP contribution in [-0.2, 0) is 19.1 Å². The molecule has 0 bridgehead atoms. The molecule has 2 rings (SSSR count). The summed E-state index contributed by atoms with van der Waals surface area (Å²) in [5.74, 6) is -3.14. The number of aryl methyl sites for hydroxylation is 2. The van der Waals surface area contributed by atoms with Crippen LogP contribution in [0.2, 0.25) is 0 Å². The van der Waals surface area contributed by atoms with Crippen LogP contribution in [0, 0.1) is 19.7 Å². The second kappa shape index (κ2) is 5.20. The van der Waals surface area contributed by atoms with Gasteiger partial charge in [0.1, 0.15) is 5.82 Å². The number of halogens is 1. The third-order valence-corrected chi connectivity index (χ3v) is 2.98. The summed E-state index contributed by atoms with van der Waals surface area (Å²) in [6.45, 7) is 6.39. The Bertz CT molecular complexity index is 604. The molecule has 5 nitrogen and oxygen atoms in total. The predicted molar refractivity (Wildman–Crippen MR) is 73.8 cm³/mol. The highest BCUT2D eigenvalue weighted by Gasteiger charge is 2.38. The Hall–Kier alpha value is -2.37. The van der Waals surface area contributed by atoms with E-state index in [1.54, 1.807) is 13.8 Å². The maximum atomic E-state index is 13.2. The first-order valence-corrected chi connectivity index (χ1v) is 6.40. The van der Waals surface area contributed by atoms with Crippen molar-refractivity contribution >= 4 is 17.6 Å². The molecule has 0 unspecified atom stereocenters. The molecule has 0 amide bonds. The molecule has 0 aromatic heterocycles. The van der Waals surface area contributed by atoms with E-state index in [-0.39, 0.29) is 11.4 Å². The average Bonchev–Trinajstić information content (AvgIpc) is 2.29. The van der Waals surface area contributed by atoms with Crippen LogP contribution in [0.15, 0.2) is 23.9 Å².